The lowest BCUT2D eigenvalue weighted by Gasteiger charge is -2.09. The number of amides is 1. The number of benzene rings is 1. The second-order valence-electron chi connectivity index (χ2n) is 4.28. The predicted molar refractivity (Wildman–Crippen MR) is 75.9 cm³/mol. The molecule has 100 valence electrons. The maximum absolute atomic E-state index is 12.8. The quantitative estimate of drug-likeness (QED) is 0.617. The fourth-order valence-electron chi connectivity index (χ4n) is 1.50. The van der Waals surface area contributed by atoms with Gasteiger partial charge in [0.1, 0.15) is 5.82 Å². The number of hydrogen-bond donors (Lipinski definition) is 1. The first-order valence-electron chi connectivity index (χ1n) is 5.83. The van der Waals surface area contributed by atoms with Crippen LogP contribution in [-0.4, -0.2) is 17.8 Å². The Morgan fingerprint density at radius 2 is 2.28 bits per heavy atom. The van der Waals surface area contributed by atoms with Gasteiger partial charge in [0.05, 0.1) is 10.6 Å². The van der Waals surface area contributed by atoms with E-state index in [9.17, 15) is 9.18 Å². The second kappa shape index (κ2) is 7.74. The van der Waals surface area contributed by atoms with E-state index in [-0.39, 0.29) is 10.9 Å². The summed E-state index contributed by atoms with van der Waals surface area (Å²) in [6.45, 7) is 2.75. The van der Waals surface area contributed by atoms with Crippen LogP contribution in [0.5, 0.6) is 0 Å². The van der Waals surface area contributed by atoms with Crippen LogP contribution in [0.4, 0.5) is 4.39 Å². The average Bonchev–Trinajstić information content (AvgIpc) is 2.34. The highest BCUT2D eigenvalue weighted by molar-refractivity contribution is 9.09. The van der Waals surface area contributed by atoms with E-state index < -0.39 is 5.82 Å². The maximum Gasteiger partial charge on any atom is 0.252 e. The highest BCUT2D eigenvalue weighted by Crippen LogP contribution is 2.17. The smallest absolute Gasteiger partial charge is 0.252 e. The van der Waals surface area contributed by atoms with Crippen LogP contribution in [0.15, 0.2) is 18.2 Å². The summed E-state index contributed by atoms with van der Waals surface area (Å²) in [4.78, 5) is 11.8. The van der Waals surface area contributed by atoms with Crippen LogP contribution < -0.4 is 5.32 Å². The Labute approximate surface area is 120 Å². The molecule has 0 aliphatic heterocycles. The maximum atomic E-state index is 12.8. The van der Waals surface area contributed by atoms with Gasteiger partial charge in [-0.15, -0.1) is 0 Å². The van der Waals surface area contributed by atoms with Crippen molar-refractivity contribution in [2.75, 3.05) is 11.9 Å². The molecule has 0 aromatic heterocycles. The second-order valence-corrected chi connectivity index (χ2v) is 5.34. The minimum Gasteiger partial charge on any atom is -0.352 e. The predicted octanol–water partition coefficient (Wildman–Crippen LogP) is 4.02. The monoisotopic (exact) mass is 335 g/mol. The molecule has 1 unspecified atom stereocenters. The van der Waals surface area contributed by atoms with Crippen LogP contribution in [0, 0.1) is 11.7 Å². The van der Waals surface area contributed by atoms with Gasteiger partial charge in [-0.25, -0.2) is 4.39 Å². The summed E-state index contributed by atoms with van der Waals surface area (Å²) in [6.07, 6.45) is 1.96. The zero-order chi connectivity index (χ0) is 13.5. The highest BCUT2D eigenvalue weighted by Gasteiger charge is 2.10. The molecule has 1 amide bonds. The topological polar surface area (TPSA) is 29.1 Å². The molecule has 0 bridgehead atoms. The Kier molecular flexibility index (Phi) is 6.65. The van der Waals surface area contributed by atoms with Crippen molar-refractivity contribution in [3.8, 4) is 0 Å². The molecule has 0 aliphatic rings. The summed E-state index contributed by atoms with van der Waals surface area (Å²) >= 11 is 9.21. The Morgan fingerprint density at radius 3 is 2.89 bits per heavy atom. The summed E-state index contributed by atoms with van der Waals surface area (Å²) < 4.78 is 12.8. The van der Waals surface area contributed by atoms with Gasteiger partial charge in [0.25, 0.3) is 5.91 Å². The fraction of sp³-hybridized carbons (Fsp3) is 0.462. The van der Waals surface area contributed by atoms with Crippen molar-refractivity contribution < 1.29 is 9.18 Å². The standard InChI is InChI=1S/C13H16BrClFNO/c1-9(8-14)3-2-6-17-13(18)11-5-4-10(16)7-12(11)15/h4-5,7,9H,2-3,6,8H2,1H3,(H,17,18). The molecule has 0 heterocycles. The number of nitrogens with one attached hydrogen (secondary N) is 1. The molecule has 5 heteroatoms. The van der Waals surface area contributed by atoms with E-state index in [4.69, 9.17) is 11.6 Å². The lowest BCUT2D eigenvalue weighted by Crippen LogP contribution is -2.25. The molecule has 2 nitrogen and oxygen atoms in total. The van der Waals surface area contributed by atoms with Crippen LogP contribution in [0.2, 0.25) is 5.02 Å². The largest absolute Gasteiger partial charge is 0.352 e. The van der Waals surface area contributed by atoms with Gasteiger partial charge in [0.2, 0.25) is 0 Å². The summed E-state index contributed by atoms with van der Waals surface area (Å²) in [6, 6.07) is 3.77. The van der Waals surface area contributed by atoms with Crippen molar-refractivity contribution in [1.82, 2.24) is 5.32 Å². The minimum absolute atomic E-state index is 0.140. The van der Waals surface area contributed by atoms with E-state index in [2.05, 4.69) is 28.2 Å². The van der Waals surface area contributed by atoms with Crippen molar-refractivity contribution in [2.45, 2.75) is 19.8 Å². The van der Waals surface area contributed by atoms with Crippen LogP contribution in [-0.2, 0) is 0 Å². The van der Waals surface area contributed by atoms with Crippen molar-refractivity contribution in [1.29, 1.82) is 0 Å². The molecule has 1 aromatic rings. The molecule has 0 saturated carbocycles. The Hall–Kier alpha value is -0.610. The molecule has 0 aliphatic carbocycles. The molecule has 1 aromatic carbocycles. The lowest BCUT2D eigenvalue weighted by atomic mass is 10.1. The zero-order valence-corrected chi connectivity index (χ0v) is 12.5. The summed E-state index contributed by atoms with van der Waals surface area (Å²) in [5, 5.41) is 3.88. The van der Waals surface area contributed by atoms with Gasteiger partial charge in [-0.05, 0) is 37.0 Å². The number of carbonyl (C=O) groups excluding carboxylic acids is 1. The SMILES string of the molecule is CC(CBr)CCCNC(=O)c1ccc(F)cc1Cl. The molecule has 0 saturated heterocycles. The van der Waals surface area contributed by atoms with E-state index in [0.717, 1.165) is 24.2 Å². The first kappa shape index (κ1) is 15.4. The lowest BCUT2D eigenvalue weighted by molar-refractivity contribution is 0.0952. The molecular weight excluding hydrogens is 321 g/mol. The van der Waals surface area contributed by atoms with E-state index in [1.54, 1.807) is 0 Å². The van der Waals surface area contributed by atoms with Gasteiger partial charge in [0, 0.05) is 11.9 Å². The van der Waals surface area contributed by atoms with Crippen LogP contribution in [0.3, 0.4) is 0 Å². The Bertz CT molecular complexity index is 414. The van der Waals surface area contributed by atoms with E-state index in [1.807, 2.05) is 0 Å². The number of rotatable bonds is 6. The number of hydrogen-bond acceptors (Lipinski definition) is 1. The highest BCUT2D eigenvalue weighted by atomic mass is 79.9. The van der Waals surface area contributed by atoms with E-state index in [1.165, 1.54) is 12.1 Å². The van der Waals surface area contributed by atoms with Gasteiger partial charge in [-0.2, -0.15) is 0 Å². The first-order chi connectivity index (χ1) is 8.54. The van der Waals surface area contributed by atoms with Crippen LogP contribution in [0.25, 0.3) is 0 Å². The third-order valence-corrected chi connectivity index (χ3v) is 4.02. The van der Waals surface area contributed by atoms with E-state index in [0.29, 0.717) is 18.0 Å². The van der Waals surface area contributed by atoms with Crippen molar-refractivity contribution in [3.05, 3.63) is 34.6 Å². The van der Waals surface area contributed by atoms with Gasteiger partial charge < -0.3 is 5.32 Å². The number of alkyl halides is 1. The number of halogens is 3. The molecule has 0 fully saturated rings. The minimum atomic E-state index is -0.442. The third-order valence-electron chi connectivity index (χ3n) is 2.60. The summed E-state index contributed by atoms with van der Waals surface area (Å²) in [7, 11) is 0. The zero-order valence-electron chi connectivity index (χ0n) is 10.2. The fourth-order valence-corrected chi connectivity index (χ4v) is 2.08. The molecule has 18 heavy (non-hydrogen) atoms. The van der Waals surface area contributed by atoms with Gasteiger partial charge in [-0.1, -0.05) is 34.5 Å². The third kappa shape index (κ3) is 4.94. The normalized spacial score (nSPS) is 12.2. The summed E-state index contributed by atoms with van der Waals surface area (Å²) in [5.74, 6) is -0.106. The van der Waals surface area contributed by atoms with Crippen LogP contribution >= 0.6 is 27.5 Å². The van der Waals surface area contributed by atoms with Crippen LogP contribution in [0.1, 0.15) is 30.1 Å². The Balaban J connectivity index is 2.41. The molecule has 0 radical (unpaired) electrons. The van der Waals surface area contributed by atoms with Gasteiger partial charge in [-0.3, -0.25) is 4.79 Å². The van der Waals surface area contributed by atoms with E-state index >= 15 is 0 Å². The first-order valence-corrected chi connectivity index (χ1v) is 7.33. The Morgan fingerprint density at radius 1 is 1.56 bits per heavy atom. The van der Waals surface area contributed by atoms with Gasteiger partial charge >= 0.3 is 0 Å². The molecule has 1 atom stereocenters. The molecular formula is C13H16BrClFNO. The molecule has 1 N–H and O–H groups in total. The van der Waals surface area contributed by atoms with Crippen molar-refractivity contribution in [2.24, 2.45) is 5.92 Å². The molecule has 1 rings (SSSR count). The summed E-state index contributed by atoms with van der Waals surface area (Å²) in [5.41, 5.74) is 0.312. The molecule has 0 spiro atoms. The average molecular weight is 337 g/mol. The van der Waals surface area contributed by atoms with Crippen molar-refractivity contribution in [3.63, 3.8) is 0 Å². The van der Waals surface area contributed by atoms with Gasteiger partial charge in [0.15, 0.2) is 0 Å². The van der Waals surface area contributed by atoms with Crippen molar-refractivity contribution >= 4 is 33.4 Å². The number of carbonyl (C=O) groups is 1.